The number of nitrogens with two attached hydrogens (primary N) is 1. The number of benzene rings is 2. The van der Waals surface area contributed by atoms with Crippen LogP contribution in [0.1, 0.15) is 61.2 Å². The Morgan fingerprint density at radius 1 is 0.885 bits per heavy atom. The highest BCUT2D eigenvalue weighted by Gasteiger charge is 2.15. The van der Waals surface area contributed by atoms with Crippen LogP contribution in [0.25, 0.3) is 20.4 Å². The highest BCUT2D eigenvalue weighted by molar-refractivity contribution is 7.22. The lowest BCUT2D eigenvalue weighted by molar-refractivity contribution is 0.874. The van der Waals surface area contributed by atoms with E-state index in [0.717, 1.165) is 22.5 Å². The van der Waals surface area contributed by atoms with E-state index in [0.29, 0.717) is 17.0 Å². The molecule has 0 radical (unpaired) electrons. The fourth-order valence-electron chi connectivity index (χ4n) is 3.39. The summed E-state index contributed by atoms with van der Waals surface area (Å²) in [5.41, 5.74) is 12.1. The van der Waals surface area contributed by atoms with E-state index in [-0.39, 0.29) is 0 Å². The van der Waals surface area contributed by atoms with E-state index in [9.17, 15) is 0 Å². The Morgan fingerprint density at radius 2 is 1.62 bits per heavy atom. The summed E-state index contributed by atoms with van der Waals surface area (Å²) in [5, 5.41) is 1.80. The predicted octanol–water partition coefficient (Wildman–Crippen LogP) is 6.33. The number of hydrogen-bond donors (Lipinski definition) is 1. The smallest absolute Gasteiger partial charge is 0.181 e. The van der Waals surface area contributed by atoms with Crippen LogP contribution in [0.3, 0.4) is 0 Å². The Labute approximate surface area is 161 Å². The van der Waals surface area contributed by atoms with Crippen LogP contribution in [-0.2, 0) is 6.42 Å². The molecule has 0 saturated carbocycles. The Balaban J connectivity index is 1.77. The molecule has 3 nitrogen and oxygen atoms in total. The molecule has 2 heterocycles. The number of thiazole rings is 2. The zero-order chi connectivity index (χ0) is 18.4. The number of anilines is 1. The normalized spacial score (nSPS) is 12.1. The first-order valence-electron chi connectivity index (χ1n) is 8.99. The zero-order valence-corrected chi connectivity index (χ0v) is 17.2. The lowest BCUT2D eigenvalue weighted by Crippen LogP contribution is -1.93. The molecule has 4 rings (SSSR count). The van der Waals surface area contributed by atoms with Gasteiger partial charge in [0, 0.05) is 6.42 Å². The van der Waals surface area contributed by atoms with Gasteiger partial charge < -0.3 is 5.73 Å². The predicted molar refractivity (Wildman–Crippen MR) is 115 cm³/mol. The van der Waals surface area contributed by atoms with E-state index < -0.39 is 0 Å². The van der Waals surface area contributed by atoms with Crippen molar-refractivity contribution in [3.05, 3.63) is 52.0 Å². The Hall–Kier alpha value is -1.98. The first kappa shape index (κ1) is 17.4. The Bertz CT molecular complexity index is 1090. The molecule has 5 heteroatoms. The number of hydrogen-bond acceptors (Lipinski definition) is 5. The van der Waals surface area contributed by atoms with Crippen molar-refractivity contribution < 1.29 is 0 Å². The van der Waals surface area contributed by atoms with Crippen molar-refractivity contribution >= 4 is 48.2 Å². The van der Waals surface area contributed by atoms with Crippen molar-refractivity contribution in [1.29, 1.82) is 0 Å². The minimum Gasteiger partial charge on any atom is -0.375 e. The van der Waals surface area contributed by atoms with Crippen LogP contribution in [0.4, 0.5) is 5.13 Å². The summed E-state index contributed by atoms with van der Waals surface area (Å²) >= 11 is 3.40. The molecule has 0 saturated heterocycles. The zero-order valence-electron chi connectivity index (χ0n) is 15.5. The average molecular weight is 382 g/mol. The molecule has 0 spiro atoms. The van der Waals surface area contributed by atoms with Crippen LogP contribution < -0.4 is 5.73 Å². The van der Waals surface area contributed by atoms with E-state index >= 15 is 0 Å². The molecule has 26 heavy (non-hydrogen) atoms. The average Bonchev–Trinajstić information content (AvgIpc) is 3.14. The van der Waals surface area contributed by atoms with Crippen LogP contribution in [0, 0.1) is 0 Å². The number of rotatable bonds is 4. The fourth-order valence-corrected chi connectivity index (χ4v) is 5.62. The molecular formula is C21H23N3S2. The third kappa shape index (κ3) is 3.10. The lowest BCUT2D eigenvalue weighted by atomic mass is 9.99. The molecule has 0 amide bonds. The molecule has 0 atom stereocenters. The second-order valence-corrected chi connectivity index (χ2v) is 9.49. The molecule has 2 N–H and O–H groups in total. The van der Waals surface area contributed by atoms with Gasteiger partial charge in [-0.05, 0) is 40.7 Å². The number of aromatic nitrogens is 2. The third-order valence-electron chi connectivity index (χ3n) is 4.68. The van der Waals surface area contributed by atoms with E-state index in [1.807, 2.05) is 11.3 Å². The van der Waals surface area contributed by atoms with Gasteiger partial charge in [-0.2, -0.15) is 0 Å². The molecule has 0 fully saturated rings. The summed E-state index contributed by atoms with van der Waals surface area (Å²) in [6, 6.07) is 10.9. The topological polar surface area (TPSA) is 51.8 Å². The van der Waals surface area contributed by atoms with Crippen LogP contribution in [0.15, 0.2) is 30.3 Å². The maximum atomic E-state index is 5.96. The lowest BCUT2D eigenvalue weighted by Gasteiger charge is -2.09. The van der Waals surface area contributed by atoms with E-state index in [1.54, 1.807) is 11.3 Å². The Kier molecular flexibility index (Phi) is 4.45. The maximum Gasteiger partial charge on any atom is 0.181 e. The van der Waals surface area contributed by atoms with Crippen molar-refractivity contribution in [2.24, 2.45) is 0 Å². The number of nitrogen functional groups attached to an aromatic ring is 1. The monoisotopic (exact) mass is 381 g/mol. The highest BCUT2D eigenvalue weighted by atomic mass is 32.1. The molecule has 2 aromatic heterocycles. The van der Waals surface area contributed by atoms with E-state index in [2.05, 4.69) is 63.0 Å². The summed E-state index contributed by atoms with van der Waals surface area (Å²) < 4.78 is 2.54. The minimum absolute atomic E-state index is 0.445. The summed E-state index contributed by atoms with van der Waals surface area (Å²) in [5.74, 6) is 0.953. The minimum atomic E-state index is 0.445. The fraction of sp³-hybridized carbons (Fsp3) is 0.333. The van der Waals surface area contributed by atoms with Crippen LogP contribution in [-0.4, -0.2) is 9.97 Å². The van der Waals surface area contributed by atoms with Gasteiger partial charge in [-0.3, -0.25) is 0 Å². The largest absolute Gasteiger partial charge is 0.375 e. The standard InChI is InChI=1S/C21H23N3S2/c1-11(2)14-6-5-7-16-19(14)25-18(23-16)10-13-8-15(12(3)4)20-17(9-13)24-21(22)26-20/h5-9,11-12H,10H2,1-4H3,(H2,22,24). The highest BCUT2D eigenvalue weighted by Crippen LogP contribution is 2.35. The molecule has 0 aliphatic rings. The van der Waals surface area contributed by atoms with Crippen molar-refractivity contribution in [2.75, 3.05) is 5.73 Å². The molecule has 2 aromatic carbocycles. The van der Waals surface area contributed by atoms with Crippen molar-refractivity contribution in [1.82, 2.24) is 9.97 Å². The first-order valence-corrected chi connectivity index (χ1v) is 10.6. The van der Waals surface area contributed by atoms with Gasteiger partial charge in [0.2, 0.25) is 0 Å². The second-order valence-electron chi connectivity index (χ2n) is 7.37. The quantitative estimate of drug-likeness (QED) is 0.449. The molecule has 4 aromatic rings. The Morgan fingerprint density at radius 3 is 2.35 bits per heavy atom. The molecular weight excluding hydrogens is 358 g/mol. The van der Waals surface area contributed by atoms with Crippen molar-refractivity contribution in [2.45, 2.75) is 46.0 Å². The summed E-state index contributed by atoms with van der Waals surface area (Å²) in [6.07, 6.45) is 0.837. The van der Waals surface area contributed by atoms with Crippen LogP contribution in [0.5, 0.6) is 0 Å². The summed E-state index contributed by atoms with van der Waals surface area (Å²) in [4.78, 5) is 9.40. The van der Waals surface area contributed by atoms with Gasteiger partial charge in [0.05, 0.1) is 25.4 Å². The molecule has 0 unspecified atom stereocenters. The molecule has 134 valence electrons. The van der Waals surface area contributed by atoms with E-state index in [4.69, 9.17) is 10.7 Å². The number of nitrogens with zero attached hydrogens (tertiary/aromatic N) is 2. The van der Waals surface area contributed by atoms with Gasteiger partial charge >= 0.3 is 0 Å². The van der Waals surface area contributed by atoms with Crippen molar-refractivity contribution in [3.8, 4) is 0 Å². The second kappa shape index (κ2) is 6.63. The van der Waals surface area contributed by atoms with Crippen molar-refractivity contribution in [3.63, 3.8) is 0 Å². The van der Waals surface area contributed by atoms with E-state index in [1.165, 1.54) is 26.1 Å². The summed E-state index contributed by atoms with van der Waals surface area (Å²) in [6.45, 7) is 8.93. The van der Waals surface area contributed by atoms with Crippen LogP contribution >= 0.6 is 22.7 Å². The third-order valence-corrected chi connectivity index (χ3v) is 6.75. The SMILES string of the molecule is CC(C)c1cc(Cc2nc3cccc(C(C)C)c3s2)cc2nc(N)sc12. The van der Waals surface area contributed by atoms with Gasteiger partial charge in [0.25, 0.3) is 0 Å². The molecule has 0 aliphatic carbocycles. The first-order chi connectivity index (χ1) is 12.4. The summed E-state index contributed by atoms with van der Waals surface area (Å²) in [7, 11) is 0. The maximum absolute atomic E-state index is 5.96. The van der Waals surface area contributed by atoms with Gasteiger partial charge in [0.15, 0.2) is 5.13 Å². The van der Waals surface area contributed by atoms with Gasteiger partial charge in [-0.25, -0.2) is 9.97 Å². The molecule has 0 bridgehead atoms. The molecule has 0 aliphatic heterocycles. The van der Waals surface area contributed by atoms with Gasteiger partial charge in [-0.1, -0.05) is 57.2 Å². The number of fused-ring (bicyclic) bond motifs is 2. The van der Waals surface area contributed by atoms with Gasteiger partial charge in [0.1, 0.15) is 0 Å². The van der Waals surface area contributed by atoms with Crippen LogP contribution in [0.2, 0.25) is 0 Å². The van der Waals surface area contributed by atoms with Gasteiger partial charge in [-0.15, -0.1) is 11.3 Å².